The zero-order chi connectivity index (χ0) is 14.9. The first-order valence-corrected chi connectivity index (χ1v) is 8.08. The van der Waals surface area contributed by atoms with Crippen LogP contribution in [-0.4, -0.2) is 30.7 Å². The number of hydrogen-bond acceptors (Lipinski definition) is 4. The Kier molecular flexibility index (Phi) is 4.31. The summed E-state index contributed by atoms with van der Waals surface area (Å²) in [6, 6.07) is 3.53. The van der Waals surface area contributed by atoms with Crippen LogP contribution in [-0.2, 0) is 10.0 Å². The summed E-state index contributed by atoms with van der Waals surface area (Å²) in [5.74, 6) is 0. The molecule has 0 atom stereocenters. The highest BCUT2D eigenvalue weighted by atomic mass is 35.5. The number of halogens is 1. The van der Waals surface area contributed by atoms with E-state index < -0.39 is 20.6 Å². The zero-order valence-corrected chi connectivity index (χ0v) is 12.5. The van der Waals surface area contributed by atoms with E-state index in [0.717, 1.165) is 31.7 Å². The molecule has 20 heavy (non-hydrogen) atoms. The Bertz CT molecular complexity index is 626. The molecule has 0 heterocycles. The second-order valence-corrected chi connectivity index (χ2v) is 7.23. The fourth-order valence-electron chi connectivity index (χ4n) is 2.47. The van der Waals surface area contributed by atoms with Gasteiger partial charge in [0.05, 0.1) is 4.92 Å². The first-order valence-electron chi connectivity index (χ1n) is 6.26. The third-order valence-corrected chi connectivity index (χ3v) is 5.81. The van der Waals surface area contributed by atoms with Crippen molar-refractivity contribution < 1.29 is 13.3 Å². The van der Waals surface area contributed by atoms with Gasteiger partial charge in [-0.1, -0.05) is 24.4 Å². The van der Waals surface area contributed by atoms with Crippen molar-refractivity contribution in [2.24, 2.45) is 0 Å². The number of hydrogen-bond donors (Lipinski definition) is 0. The van der Waals surface area contributed by atoms with Crippen LogP contribution >= 0.6 is 11.6 Å². The third-order valence-electron chi connectivity index (χ3n) is 3.61. The summed E-state index contributed by atoms with van der Waals surface area (Å²) in [7, 11) is -2.41. The Balaban J connectivity index is 2.46. The maximum absolute atomic E-state index is 12.5. The van der Waals surface area contributed by atoms with E-state index in [2.05, 4.69) is 0 Å². The average molecular weight is 319 g/mol. The Morgan fingerprint density at radius 1 is 1.35 bits per heavy atom. The predicted octanol–water partition coefficient (Wildman–Crippen LogP) is 2.81. The van der Waals surface area contributed by atoms with Crippen LogP contribution in [0.3, 0.4) is 0 Å². The van der Waals surface area contributed by atoms with Crippen molar-refractivity contribution in [3.05, 3.63) is 33.3 Å². The van der Waals surface area contributed by atoms with Gasteiger partial charge >= 0.3 is 0 Å². The fraction of sp³-hybridized carbons (Fsp3) is 0.500. The van der Waals surface area contributed by atoms with Gasteiger partial charge < -0.3 is 0 Å². The van der Waals surface area contributed by atoms with E-state index >= 15 is 0 Å². The smallest absolute Gasteiger partial charge is 0.258 e. The molecule has 0 aromatic heterocycles. The van der Waals surface area contributed by atoms with Gasteiger partial charge in [-0.25, -0.2) is 8.42 Å². The van der Waals surface area contributed by atoms with Crippen LogP contribution in [0.25, 0.3) is 0 Å². The van der Waals surface area contributed by atoms with Crippen LogP contribution in [0.5, 0.6) is 0 Å². The molecule has 0 unspecified atom stereocenters. The Labute approximate surface area is 122 Å². The van der Waals surface area contributed by atoms with Crippen molar-refractivity contribution in [3.8, 4) is 0 Å². The van der Waals surface area contributed by atoms with Crippen molar-refractivity contribution in [2.75, 3.05) is 7.05 Å². The van der Waals surface area contributed by atoms with Crippen LogP contribution in [0.4, 0.5) is 5.69 Å². The molecule has 0 spiro atoms. The minimum atomic E-state index is -3.88. The molecule has 0 saturated heterocycles. The number of sulfonamides is 1. The summed E-state index contributed by atoms with van der Waals surface area (Å²) in [6.45, 7) is 0. The lowest BCUT2D eigenvalue weighted by Crippen LogP contribution is -2.35. The fourth-order valence-corrected chi connectivity index (χ4v) is 4.19. The second-order valence-electron chi connectivity index (χ2n) is 4.83. The Morgan fingerprint density at radius 2 is 1.95 bits per heavy atom. The molecule has 0 aliphatic heterocycles. The number of nitrogens with zero attached hydrogens (tertiary/aromatic N) is 2. The van der Waals surface area contributed by atoms with Crippen LogP contribution in [0, 0.1) is 10.1 Å². The monoisotopic (exact) mass is 318 g/mol. The summed E-state index contributed by atoms with van der Waals surface area (Å²) < 4.78 is 26.3. The summed E-state index contributed by atoms with van der Waals surface area (Å²) in [6.07, 6.45) is 3.54. The van der Waals surface area contributed by atoms with Gasteiger partial charge in [0.2, 0.25) is 10.0 Å². The van der Waals surface area contributed by atoms with Crippen molar-refractivity contribution >= 4 is 27.3 Å². The van der Waals surface area contributed by atoms with Crippen LogP contribution in [0.15, 0.2) is 23.1 Å². The topological polar surface area (TPSA) is 80.5 Å². The highest BCUT2D eigenvalue weighted by molar-refractivity contribution is 7.89. The minimum absolute atomic E-state index is 0.0877. The molecule has 1 aromatic carbocycles. The second kappa shape index (κ2) is 5.67. The molecule has 1 aliphatic carbocycles. The molecule has 0 bridgehead atoms. The molecule has 0 radical (unpaired) electrons. The standard InChI is InChI=1S/C12H15ClN2O4S/c1-14(10-4-2-3-5-10)20(18,19)12-7-6-9(13)8-11(12)15(16)17/h6-8,10H,2-5H2,1H3. The molecule has 1 aromatic rings. The maximum Gasteiger partial charge on any atom is 0.290 e. The first kappa shape index (κ1) is 15.2. The Morgan fingerprint density at radius 3 is 2.50 bits per heavy atom. The van der Waals surface area contributed by atoms with Crippen LogP contribution < -0.4 is 0 Å². The lowest BCUT2D eigenvalue weighted by atomic mass is 10.3. The summed E-state index contributed by atoms with van der Waals surface area (Å²) in [5, 5.41) is 11.2. The van der Waals surface area contributed by atoms with Gasteiger partial charge in [-0.15, -0.1) is 0 Å². The van der Waals surface area contributed by atoms with Gasteiger partial charge in [-0.2, -0.15) is 4.31 Å². The SMILES string of the molecule is CN(C1CCCC1)S(=O)(=O)c1ccc(Cl)cc1[N+](=O)[O-]. The van der Waals surface area contributed by atoms with Crippen molar-refractivity contribution in [1.82, 2.24) is 4.31 Å². The molecule has 1 saturated carbocycles. The zero-order valence-electron chi connectivity index (χ0n) is 11.0. The van der Waals surface area contributed by atoms with Crippen molar-refractivity contribution in [2.45, 2.75) is 36.6 Å². The van der Waals surface area contributed by atoms with E-state index in [0.29, 0.717) is 0 Å². The number of rotatable bonds is 4. The van der Waals surface area contributed by atoms with E-state index in [9.17, 15) is 18.5 Å². The molecular formula is C12H15ClN2O4S. The van der Waals surface area contributed by atoms with Crippen LogP contribution in [0.1, 0.15) is 25.7 Å². The van der Waals surface area contributed by atoms with E-state index in [1.54, 1.807) is 0 Å². The number of benzene rings is 1. The van der Waals surface area contributed by atoms with Crippen molar-refractivity contribution in [1.29, 1.82) is 0 Å². The molecule has 0 amide bonds. The minimum Gasteiger partial charge on any atom is -0.258 e. The molecule has 0 N–H and O–H groups in total. The summed E-state index contributed by atoms with van der Waals surface area (Å²) in [4.78, 5) is 10.0. The largest absolute Gasteiger partial charge is 0.290 e. The summed E-state index contributed by atoms with van der Waals surface area (Å²) >= 11 is 5.70. The molecule has 1 aliphatic rings. The lowest BCUT2D eigenvalue weighted by Gasteiger charge is -2.23. The molecule has 8 heteroatoms. The quantitative estimate of drug-likeness (QED) is 0.631. The number of nitro benzene ring substituents is 1. The predicted molar refractivity (Wildman–Crippen MR) is 75.3 cm³/mol. The van der Waals surface area contributed by atoms with E-state index in [-0.39, 0.29) is 16.0 Å². The van der Waals surface area contributed by atoms with Crippen LogP contribution in [0.2, 0.25) is 5.02 Å². The van der Waals surface area contributed by atoms with Crippen molar-refractivity contribution in [3.63, 3.8) is 0 Å². The highest BCUT2D eigenvalue weighted by Gasteiger charge is 2.34. The molecule has 1 fully saturated rings. The van der Waals surface area contributed by atoms with Gasteiger partial charge in [-0.3, -0.25) is 10.1 Å². The van der Waals surface area contributed by atoms with Gasteiger partial charge in [0.1, 0.15) is 0 Å². The molecule has 2 rings (SSSR count). The molecule has 6 nitrogen and oxygen atoms in total. The van der Waals surface area contributed by atoms with Gasteiger partial charge in [-0.05, 0) is 25.0 Å². The van der Waals surface area contributed by atoms with E-state index in [1.165, 1.54) is 23.5 Å². The highest BCUT2D eigenvalue weighted by Crippen LogP contribution is 2.32. The molecule has 110 valence electrons. The molecular weight excluding hydrogens is 304 g/mol. The van der Waals surface area contributed by atoms with Gasteiger partial charge in [0.15, 0.2) is 4.90 Å². The number of nitro groups is 1. The Hall–Kier alpha value is -1.18. The summed E-state index contributed by atoms with van der Waals surface area (Å²) in [5.41, 5.74) is -0.484. The van der Waals surface area contributed by atoms with Gasteiger partial charge in [0.25, 0.3) is 5.69 Å². The maximum atomic E-state index is 12.5. The first-order chi connectivity index (χ1) is 9.34. The third kappa shape index (κ3) is 2.79. The normalized spacial score (nSPS) is 16.8. The lowest BCUT2D eigenvalue weighted by molar-refractivity contribution is -0.387. The van der Waals surface area contributed by atoms with E-state index in [4.69, 9.17) is 11.6 Å². The van der Waals surface area contributed by atoms with Gasteiger partial charge in [0, 0.05) is 24.2 Å². The average Bonchev–Trinajstić information content (AvgIpc) is 2.91. The van der Waals surface area contributed by atoms with E-state index in [1.807, 2.05) is 0 Å².